The number of quaternary nitrogens is 1. The van der Waals surface area contributed by atoms with Gasteiger partial charge < -0.3 is 10.2 Å². The molecule has 0 aliphatic heterocycles. The van der Waals surface area contributed by atoms with E-state index in [1.165, 1.54) is 21.8 Å². The number of nitrogens with zero attached hydrogens (tertiary/aromatic N) is 4. The second-order valence-electron chi connectivity index (χ2n) is 6.58. The summed E-state index contributed by atoms with van der Waals surface area (Å²) >= 11 is 1.75. The maximum atomic E-state index is 12.3. The lowest BCUT2D eigenvalue weighted by Crippen LogP contribution is -3.06. The number of nitrogens with one attached hydrogen (secondary N) is 2. The van der Waals surface area contributed by atoms with Gasteiger partial charge >= 0.3 is 0 Å². The van der Waals surface area contributed by atoms with Crippen molar-refractivity contribution in [2.45, 2.75) is 26.2 Å². The maximum Gasteiger partial charge on any atom is 0.291 e. The Morgan fingerprint density at radius 2 is 2.17 bits per heavy atom. The van der Waals surface area contributed by atoms with Crippen LogP contribution in [-0.4, -0.2) is 52.7 Å². The van der Waals surface area contributed by atoms with E-state index in [1.807, 2.05) is 6.92 Å². The molecule has 0 fully saturated rings. The Balaban J connectivity index is 1.75. The number of likely N-dealkylation sites (N-methyl/N-ethyl adjacent to an activating group) is 1. The van der Waals surface area contributed by atoms with Gasteiger partial charge in [0, 0.05) is 4.88 Å². The number of carbonyl (C=O) groups excluding carboxylic acids is 1. The van der Waals surface area contributed by atoms with Crippen LogP contribution in [0.3, 0.4) is 0 Å². The Bertz CT molecular complexity index is 941. The van der Waals surface area contributed by atoms with Crippen LogP contribution in [0.4, 0.5) is 0 Å². The first-order valence-corrected chi connectivity index (χ1v) is 9.11. The second kappa shape index (κ2) is 5.78. The number of aryl methyl sites for hydroxylation is 3. The zero-order valence-electron chi connectivity index (χ0n) is 14.1. The molecule has 1 aliphatic carbocycles. The Hall–Kier alpha value is -2.06. The van der Waals surface area contributed by atoms with Gasteiger partial charge in [0.25, 0.3) is 5.91 Å². The molecule has 2 N–H and O–H groups in total. The standard InChI is InChI=1S/C16H20N6OS/c1-9-18-16-12(10-5-4-6-11(10)24-16)14-19-13(20-22(9)14)15(23)17-7-8-21(2)3/h4-8H2,1-3H3,(H,17,23)/p+1. The van der Waals surface area contributed by atoms with Crippen LogP contribution in [0.5, 0.6) is 0 Å². The number of hydrogen-bond acceptors (Lipinski definition) is 5. The smallest absolute Gasteiger partial charge is 0.291 e. The van der Waals surface area contributed by atoms with Gasteiger partial charge in [-0.2, -0.15) is 4.52 Å². The van der Waals surface area contributed by atoms with E-state index in [-0.39, 0.29) is 11.7 Å². The van der Waals surface area contributed by atoms with E-state index in [9.17, 15) is 4.79 Å². The van der Waals surface area contributed by atoms with E-state index in [0.717, 1.165) is 41.1 Å². The molecular formula is C16H21N6OS+. The topological polar surface area (TPSA) is 76.6 Å². The van der Waals surface area contributed by atoms with Crippen LogP contribution in [0.1, 0.15) is 33.3 Å². The van der Waals surface area contributed by atoms with Gasteiger partial charge in [0.1, 0.15) is 10.7 Å². The van der Waals surface area contributed by atoms with Crippen molar-refractivity contribution in [2.24, 2.45) is 0 Å². The van der Waals surface area contributed by atoms with Crippen molar-refractivity contribution in [3.63, 3.8) is 0 Å². The molecule has 126 valence electrons. The van der Waals surface area contributed by atoms with E-state index < -0.39 is 0 Å². The van der Waals surface area contributed by atoms with E-state index >= 15 is 0 Å². The molecule has 0 aromatic carbocycles. The molecule has 8 heteroatoms. The van der Waals surface area contributed by atoms with Crippen LogP contribution in [0.15, 0.2) is 0 Å². The van der Waals surface area contributed by atoms with Crippen molar-refractivity contribution in [1.29, 1.82) is 0 Å². The largest absolute Gasteiger partial charge is 0.344 e. The lowest BCUT2D eigenvalue weighted by Gasteiger charge is -2.06. The van der Waals surface area contributed by atoms with Gasteiger partial charge in [-0.3, -0.25) is 4.79 Å². The molecule has 1 aliphatic rings. The average Bonchev–Trinajstić information content (AvgIpc) is 3.19. The fourth-order valence-electron chi connectivity index (χ4n) is 3.19. The highest BCUT2D eigenvalue weighted by Crippen LogP contribution is 2.38. The summed E-state index contributed by atoms with van der Waals surface area (Å²) in [5, 5.41) is 8.37. The number of fused-ring (bicyclic) bond motifs is 5. The first kappa shape index (κ1) is 15.5. The molecule has 0 radical (unpaired) electrons. The normalized spacial score (nSPS) is 14.0. The number of aromatic nitrogens is 4. The molecule has 4 rings (SSSR count). The SMILES string of the molecule is Cc1nc2sc3c(c2c2nc(C(=O)NCC[NH+](C)C)nn12)CCC3. The van der Waals surface area contributed by atoms with Crippen LogP contribution in [0.2, 0.25) is 0 Å². The molecule has 0 bridgehead atoms. The highest BCUT2D eigenvalue weighted by atomic mass is 32.1. The number of thiophene rings is 1. The van der Waals surface area contributed by atoms with E-state index in [0.29, 0.717) is 6.54 Å². The van der Waals surface area contributed by atoms with Crippen molar-refractivity contribution in [1.82, 2.24) is 24.9 Å². The molecule has 3 aromatic rings. The minimum Gasteiger partial charge on any atom is -0.344 e. The van der Waals surface area contributed by atoms with E-state index in [4.69, 9.17) is 0 Å². The Morgan fingerprint density at radius 3 is 2.96 bits per heavy atom. The zero-order chi connectivity index (χ0) is 16.8. The molecular weight excluding hydrogens is 324 g/mol. The fraction of sp³-hybridized carbons (Fsp3) is 0.500. The molecule has 0 spiro atoms. The molecule has 7 nitrogen and oxygen atoms in total. The Labute approximate surface area is 143 Å². The zero-order valence-corrected chi connectivity index (χ0v) is 15.0. The van der Waals surface area contributed by atoms with Crippen molar-refractivity contribution < 1.29 is 9.69 Å². The van der Waals surface area contributed by atoms with Gasteiger partial charge in [-0.25, -0.2) is 9.97 Å². The van der Waals surface area contributed by atoms with Gasteiger partial charge in [0.15, 0.2) is 5.65 Å². The molecule has 3 aromatic heterocycles. The van der Waals surface area contributed by atoms with Gasteiger partial charge in [-0.15, -0.1) is 16.4 Å². The van der Waals surface area contributed by atoms with Crippen LogP contribution in [0.25, 0.3) is 15.9 Å². The number of hydrogen-bond donors (Lipinski definition) is 2. The summed E-state index contributed by atoms with van der Waals surface area (Å²) in [4.78, 5) is 25.3. The molecule has 1 amide bonds. The third-order valence-electron chi connectivity index (χ3n) is 4.42. The molecule has 0 atom stereocenters. The fourth-order valence-corrected chi connectivity index (χ4v) is 4.50. The lowest BCUT2D eigenvalue weighted by atomic mass is 10.2. The summed E-state index contributed by atoms with van der Waals surface area (Å²) in [5.41, 5.74) is 2.11. The van der Waals surface area contributed by atoms with Crippen molar-refractivity contribution in [2.75, 3.05) is 27.2 Å². The Kier molecular flexibility index (Phi) is 3.73. The van der Waals surface area contributed by atoms with E-state index in [1.54, 1.807) is 15.9 Å². The third-order valence-corrected chi connectivity index (χ3v) is 5.60. The third kappa shape index (κ3) is 2.46. The molecule has 0 unspecified atom stereocenters. The van der Waals surface area contributed by atoms with Crippen molar-refractivity contribution >= 4 is 33.1 Å². The minimum absolute atomic E-state index is 0.221. The number of amides is 1. The summed E-state index contributed by atoms with van der Waals surface area (Å²) in [5.74, 6) is 0.764. The predicted molar refractivity (Wildman–Crippen MR) is 92.9 cm³/mol. The average molecular weight is 345 g/mol. The van der Waals surface area contributed by atoms with Gasteiger partial charge in [-0.1, -0.05) is 0 Å². The summed E-state index contributed by atoms with van der Waals surface area (Å²) in [6, 6.07) is 0. The van der Waals surface area contributed by atoms with Gasteiger partial charge in [-0.05, 0) is 31.7 Å². The van der Waals surface area contributed by atoms with Crippen LogP contribution in [-0.2, 0) is 12.8 Å². The quantitative estimate of drug-likeness (QED) is 0.698. The number of rotatable bonds is 4. The Morgan fingerprint density at radius 1 is 1.33 bits per heavy atom. The molecule has 0 saturated carbocycles. The summed E-state index contributed by atoms with van der Waals surface area (Å²) in [7, 11) is 4.11. The first-order chi connectivity index (χ1) is 11.5. The lowest BCUT2D eigenvalue weighted by molar-refractivity contribution is -0.856. The monoisotopic (exact) mass is 345 g/mol. The maximum absolute atomic E-state index is 12.3. The van der Waals surface area contributed by atoms with Crippen LogP contribution < -0.4 is 10.2 Å². The van der Waals surface area contributed by atoms with Crippen LogP contribution in [0, 0.1) is 6.92 Å². The summed E-state index contributed by atoms with van der Waals surface area (Å²) < 4.78 is 1.71. The summed E-state index contributed by atoms with van der Waals surface area (Å²) in [6.45, 7) is 3.38. The second-order valence-corrected chi connectivity index (χ2v) is 7.66. The minimum atomic E-state index is -0.223. The van der Waals surface area contributed by atoms with Crippen LogP contribution >= 0.6 is 11.3 Å². The molecule has 24 heavy (non-hydrogen) atoms. The van der Waals surface area contributed by atoms with Crippen molar-refractivity contribution in [3.05, 3.63) is 22.1 Å². The van der Waals surface area contributed by atoms with E-state index in [2.05, 4.69) is 34.5 Å². The molecule has 3 heterocycles. The summed E-state index contributed by atoms with van der Waals surface area (Å²) in [6.07, 6.45) is 3.37. The highest BCUT2D eigenvalue weighted by molar-refractivity contribution is 7.19. The number of carbonyl (C=O) groups is 1. The van der Waals surface area contributed by atoms with Crippen molar-refractivity contribution in [3.8, 4) is 0 Å². The first-order valence-electron chi connectivity index (χ1n) is 8.29. The molecule has 0 saturated heterocycles. The predicted octanol–water partition coefficient (Wildman–Crippen LogP) is 0.0104. The highest BCUT2D eigenvalue weighted by Gasteiger charge is 2.24. The van der Waals surface area contributed by atoms with Gasteiger partial charge in [0.2, 0.25) is 5.82 Å². The van der Waals surface area contributed by atoms with Gasteiger partial charge in [0.05, 0.1) is 32.6 Å².